The summed E-state index contributed by atoms with van der Waals surface area (Å²) in [6.45, 7) is 3.61. The predicted octanol–water partition coefficient (Wildman–Crippen LogP) is 3.11. The van der Waals surface area contributed by atoms with Crippen molar-refractivity contribution in [3.8, 4) is 5.75 Å². The highest BCUT2D eigenvalue weighted by Gasteiger charge is 2.06. The van der Waals surface area contributed by atoms with Crippen LogP contribution in [0.15, 0.2) is 41.5 Å². The lowest BCUT2D eigenvalue weighted by Crippen LogP contribution is -2.24. The topological polar surface area (TPSA) is 50.7 Å². The average molecular weight is 318 g/mol. The SMILES string of the molecule is Cc1ccc(OCC(=O)N/N=C/c2cccc(F)c2F)c(C)c1. The number of carbonyl (C=O) groups excluding carboxylic acids is 1. The van der Waals surface area contributed by atoms with Gasteiger partial charge in [-0.1, -0.05) is 29.8 Å². The number of amides is 1. The number of nitrogens with one attached hydrogen (secondary N) is 1. The maximum Gasteiger partial charge on any atom is 0.277 e. The van der Waals surface area contributed by atoms with Crippen molar-refractivity contribution in [3.05, 3.63) is 64.7 Å². The minimum Gasteiger partial charge on any atom is -0.483 e. The Morgan fingerprint density at radius 2 is 2.04 bits per heavy atom. The summed E-state index contributed by atoms with van der Waals surface area (Å²) in [7, 11) is 0. The summed E-state index contributed by atoms with van der Waals surface area (Å²) in [6.07, 6.45) is 1.04. The third-order valence-corrected chi connectivity index (χ3v) is 3.06. The van der Waals surface area contributed by atoms with E-state index in [4.69, 9.17) is 4.74 Å². The van der Waals surface area contributed by atoms with Crippen LogP contribution in [-0.2, 0) is 4.79 Å². The number of benzene rings is 2. The molecule has 2 rings (SSSR count). The van der Waals surface area contributed by atoms with E-state index >= 15 is 0 Å². The van der Waals surface area contributed by atoms with E-state index in [2.05, 4.69) is 10.5 Å². The van der Waals surface area contributed by atoms with Crippen molar-refractivity contribution in [3.63, 3.8) is 0 Å². The first-order valence-corrected chi connectivity index (χ1v) is 6.93. The summed E-state index contributed by atoms with van der Waals surface area (Å²) in [5, 5.41) is 3.58. The molecule has 23 heavy (non-hydrogen) atoms. The summed E-state index contributed by atoms with van der Waals surface area (Å²) in [5.74, 6) is -1.89. The number of rotatable bonds is 5. The molecule has 0 unspecified atom stereocenters. The van der Waals surface area contributed by atoms with E-state index in [9.17, 15) is 13.6 Å². The fraction of sp³-hybridized carbons (Fsp3) is 0.176. The predicted molar refractivity (Wildman–Crippen MR) is 83.5 cm³/mol. The zero-order valence-corrected chi connectivity index (χ0v) is 12.8. The second kappa shape index (κ2) is 7.49. The summed E-state index contributed by atoms with van der Waals surface area (Å²) in [6, 6.07) is 9.31. The maximum absolute atomic E-state index is 13.4. The van der Waals surface area contributed by atoms with Crippen molar-refractivity contribution in [2.24, 2.45) is 5.10 Å². The van der Waals surface area contributed by atoms with Gasteiger partial charge in [0, 0.05) is 5.56 Å². The second-order valence-electron chi connectivity index (χ2n) is 4.99. The van der Waals surface area contributed by atoms with Crippen LogP contribution in [0.25, 0.3) is 0 Å². The van der Waals surface area contributed by atoms with E-state index in [1.54, 1.807) is 6.07 Å². The smallest absolute Gasteiger partial charge is 0.277 e. The molecule has 1 amide bonds. The Morgan fingerprint density at radius 1 is 1.26 bits per heavy atom. The number of ether oxygens (including phenoxy) is 1. The van der Waals surface area contributed by atoms with Crippen LogP contribution in [-0.4, -0.2) is 18.7 Å². The van der Waals surface area contributed by atoms with E-state index in [1.807, 2.05) is 26.0 Å². The van der Waals surface area contributed by atoms with Gasteiger partial charge in [-0.3, -0.25) is 4.79 Å². The normalized spacial score (nSPS) is 10.8. The van der Waals surface area contributed by atoms with Gasteiger partial charge < -0.3 is 4.74 Å². The summed E-state index contributed by atoms with van der Waals surface area (Å²) >= 11 is 0. The first-order valence-electron chi connectivity index (χ1n) is 6.93. The van der Waals surface area contributed by atoms with Gasteiger partial charge in [0.25, 0.3) is 5.91 Å². The summed E-state index contributed by atoms with van der Waals surface area (Å²) in [5.41, 5.74) is 4.16. The maximum atomic E-state index is 13.4. The number of hydrogen-bond donors (Lipinski definition) is 1. The van der Waals surface area contributed by atoms with E-state index in [0.717, 1.165) is 23.4 Å². The number of hydrogen-bond acceptors (Lipinski definition) is 3. The van der Waals surface area contributed by atoms with Gasteiger partial charge >= 0.3 is 0 Å². The highest BCUT2D eigenvalue weighted by Crippen LogP contribution is 2.18. The first-order chi connectivity index (χ1) is 11.0. The molecule has 0 bridgehead atoms. The number of halogens is 2. The number of aryl methyl sites for hydroxylation is 2. The van der Waals surface area contributed by atoms with Crippen LogP contribution >= 0.6 is 0 Å². The molecule has 2 aromatic rings. The molecule has 0 aliphatic rings. The van der Waals surface area contributed by atoms with Gasteiger partial charge in [-0.15, -0.1) is 0 Å². The van der Waals surface area contributed by atoms with Gasteiger partial charge in [0.2, 0.25) is 0 Å². The second-order valence-corrected chi connectivity index (χ2v) is 4.99. The first kappa shape index (κ1) is 16.6. The molecule has 6 heteroatoms. The van der Waals surface area contributed by atoms with Crippen molar-refractivity contribution >= 4 is 12.1 Å². The van der Waals surface area contributed by atoms with Crippen molar-refractivity contribution in [1.82, 2.24) is 5.43 Å². The molecule has 1 N–H and O–H groups in total. The Hall–Kier alpha value is -2.76. The molecule has 0 spiro atoms. The van der Waals surface area contributed by atoms with E-state index in [1.165, 1.54) is 12.1 Å². The monoisotopic (exact) mass is 318 g/mol. The quantitative estimate of drug-likeness (QED) is 0.680. The third kappa shape index (κ3) is 4.60. The Labute approximate surface area is 132 Å². The van der Waals surface area contributed by atoms with Gasteiger partial charge in [-0.05, 0) is 31.5 Å². The number of hydrazone groups is 1. The van der Waals surface area contributed by atoms with Crippen LogP contribution in [0, 0.1) is 25.5 Å². The molecule has 2 aromatic carbocycles. The fourth-order valence-corrected chi connectivity index (χ4v) is 1.93. The van der Waals surface area contributed by atoms with Crippen LogP contribution in [0.3, 0.4) is 0 Å². The largest absolute Gasteiger partial charge is 0.483 e. The van der Waals surface area contributed by atoms with Gasteiger partial charge in [0.1, 0.15) is 5.75 Å². The molecule has 0 aliphatic carbocycles. The van der Waals surface area contributed by atoms with E-state index in [0.29, 0.717) is 5.75 Å². The lowest BCUT2D eigenvalue weighted by atomic mass is 10.1. The molecule has 0 aliphatic heterocycles. The molecule has 4 nitrogen and oxygen atoms in total. The molecular weight excluding hydrogens is 302 g/mol. The Bertz CT molecular complexity index is 745. The molecule has 120 valence electrons. The lowest BCUT2D eigenvalue weighted by Gasteiger charge is -2.08. The average Bonchev–Trinajstić information content (AvgIpc) is 2.50. The Morgan fingerprint density at radius 3 is 2.78 bits per heavy atom. The van der Waals surface area contributed by atoms with Crippen LogP contribution in [0.5, 0.6) is 5.75 Å². The zero-order valence-electron chi connectivity index (χ0n) is 12.8. The Balaban J connectivity index is 1.87. The highest BCUT2D eigenvalue weighted by molar-refractivity contribution is 5.83. The molecular formula is C17H16F2N2O2. The van der Waals surface area contributed by atoms with Gasteiger partial charge in [-0.2, -0.15) is 5.10 Å². The molecule has 0 atom stereocenters. The van der Waals surface area contributed by atoms with Crippen molar-refractivity contribution in [2.75, 3.05) is 6.61 Å². The van der Waals surface area contributed by atoms with Crippen LogP contribution in [0.1, 0.15) is 16.7 Å². The fourth-order valence-electron chi connectivity index (χ4n) is 1.93. The van der Waals surface area contributed by atoms with Crippen molar-refractivity contribution in [1.29, 1.82) is 0 Å². The van der Waals surface area contributed by atoms with Crippen molar-refractivity contribution < 1.29 is 18.3 Å². The van der Waals surface area contributed by atoms with Crippen LogP contribution < -0.4 is 10.2 Å². The highest BCUT2D eigenvalue weighted by atomic mass is 19.2. The third-order valence-electron chi connectivity index (χ3n) is 3.06. The molecule has 0 saturated carbocycles. The molecule has 0 aromatic heterocycles. The molecule has 0 radical (unpaired) electrons. The minimum atomic E-state index is -1.02. The summed E-state index contributed by atoms with van der Waals surface area (Å²) in [4.78, 5) is 11.6. The Kier molecular flexibility index (Phi) is 5.41. The van der Waals surface area contributed by atoms with E-state index in [-0.39, 0.29) is 12.2 Å². The van der Waals surface area contributed by atoms with Gasteiger partial charge in [-0.25, -0.2) is 14.2 Å². The van der Waals surface area contributed by atoms with Crippen molar-refractivity contribution in [2.45, 2.75) is 13.8 Å². The minimum absolute atomic E-state index is 0.0550. The van der Waals surface area contributed by atoms with Gasteiger partial charge in [0.05, 0.1) is 6.21 Å². The van der Waals surface area contributed by atoms with Gasteiger partial charge in [0.15, 0.2) is 18.2 Å². The molecule has 0 fully saturated rings. The van der Waals surface area contributed by atoms with Crippen LogP contribution in [0.4, 0.5) is 8.78 Å². The van der Waals surface area contributed by atoms with E-state index < -0.39 is 17.5 Å². The number of nitrogens with zero attached hydrogens (tertiary/aromatic N) is 1. The molecule has 0 saturated heterocycles. The van der Waals surface area contributed by atoms with Crippen LogP contribution in [0.2, 0.25) is 0 Å². The lowest BCUT2D eigenvalue weighted by molar-refractivity contribution is -0.123. The zero-order chi connectivity index (χ0) is 16.8. The summed E-state index contributed by atoms with van der Waals surface area (Å²) < 4.78 is 31.7. The molecule has 0 heterocycles. The number of carbonyl (C=O) groups is 1. The standard InChI is InChI=1S/C17H16F2N2O2/c1-11-6-7-15(12(2)8-11)23-10-16(22)21-20-9-13-4-3-5-14(18)17(13)19/h3-9H,10H2,1-2H3,(H,21,22)/b20-9+.